The molecule has 1 saturated heterocycles. The van der Waals surface area contributed by atoms with E-state index in [2.05, 4.69) is 0 Å². The van der Waals surface area contributed by atoms with Gasteiger partial charge >= 0.3 is 0 Å². The maximum Gasteiger partial charge on any atom is 0.293 e. The van der Waals surface area contributed by atoms with Crippen molar-refractivity contribution in [2.45, 2.75) is 6.54 Å². The highest BCUT2D eigenvalue weighted by Crippen LogP contribution is 2.36. The van der Waals surface area contributed by atoms with Gasteiger partial charge in [0.1, 0.15) is 0 Å². The molecule has 2 amide bonds. The van der Waals surface area contributed by atoms with Crippen LogP contribution < -0.4 is 0 Å². The third-order valence-corrected chi connectivity index (χ3v) is 5.40. The van der Waals surface area contributed by atoms with Crippen molar-refractivity contribution in [3.8, 4) is 0 Å². The number of imide groups is 1. The van der Waals surface area contributed by atoms with E-state index < -0.39 is 0 Å². The lowest BCUT2D eigenvalue weighted by atomic mass is 10.2. The van der Waals surface area contributed by atoms with E-state index in [4.69, 9.17) is 34.8 Å². The van der Waals surface area contributed by atoms with Crippen LogP contribution in [0.3, 0.4) is 0 Å². The van der Waals surface area contributed by atoms with Crippen molar-refractivity contribution >= 4 is 63.8 Å². The molecule has 24 heavy (non-hydrogen) atoms. The molecule has 2 aromatic carbocycles. The summed E-state index contributed by atoms with van der Waals surface area (Å²) in [6, 6.07) is 12.2. The molecule has 0 spiro atoms. The van der Waals surface area contributed by atoms with Crippen molar-refractivity contribution in [1.29, 1.82) is 0 Å². The van der Waals surface area contributed by atoms with Crippen LogP contribution in [0, 0.1) is 0 Å². The molecule has 122 valence electrons. The van der Waals surface area contributed by atoms with E-state index in [-0.39, 0.29) is 17.7 Å². The molecule has 0 atom stereocenters. The van der Waals surface area contributed by atoms with Crippen LogP contribution in [0.5, 0.6) is 0 Å². The Morgan fingerprint density at radius 1 is 0.917 bits per heavy atom. The lowest BCUT2D eigenvalue weighted by Crippen LogP contribution is -2.27. The molecule has 0 radical (unpaired) electrons. The summed E-state index contributed by atoms with van der Waals surface area (Å²) in [6.07, 6.45) is 1.61. The third-order valence-electron chi connectivity index (χ3n) is 3.44. The molecule has 7 heteroatoms. The second kappa shape index (κ2) is 7.19. The lowest BCUT2D eigenvalue weighted by Gasteiger charge is -2.14. The number of carbonyl (C=O) groups excluding carboxylic acids is 2. The van der Waals surface area contributed by atoms with Crippen molar-refractivity contribution in [1.82, 2.24) is 4.90 Å². The number of carbonyl (C=O) groups is 2. The molecule has 1 heterocycles. The Morgan fingerprint density at radius 3 is 2.21 bits per heavy atom. The van der Waals surface area contributed by atoms with Gasteiger partial charge in [-0.2, -0.15) is 0 Å². The van der Waals surface area contributed by atoms with Gasteiger partial charge in [-0.1, -0.05) is 59.1 Å². The van der Waals surface area contributed by atoms with Gasteiger partial charge in [0.05, 0.1) is 11.4 Å². The molecule has 2 aromatic rings. The van der Waals surface area contributed by atoms with Crippen LogP contribution in [0.15, 0.2) is 47.4 Å². The van der Waals surface area contributed by atoms with Crippen LogP contribution in [0.4, 0.5) is 4.79 Å². The summed E-state index contributed by atoms with van der Waals surface area (Å²) in [4.78, 5) is 26.2. The van der Waals surface area contributed by atoms with Gasteiger partial charge in [0.25, 0.3) is 11.1 Å². The summed E-state index contributed by atoms with van der Waals surface area (Å²) < 4.78 is 0. The predicted octanol–water partition coefficient (Wildman–Crippen LogP) is 5.88. The van der Waals surface area contributed by atoms with E-state index >= 15 is 0 Å². The number of thioether (sulfide) groups is 1. The fraction of sp³-hybridized carbons (Fsp3) is 0.0588. The first kappa shape index (κ1) is 17.4. The van der Waals surface area contributed by atoms with E-state index in [1.165, 1.54) is 0 Å². The highest BCUT2D eigenvalue weighted by Gasteiger charge is 2.35. The first-order chi connectivity index (χ1) is 11.5. The van der Waals surface area contributed by atoms with Crippen molar-refractivity contribution < 1.29 is 9.59 Å². The van der Waals surface area contributed by atoms with Gasteiger partial charge in [0.15, 0.2) is 0 Å². The fourth-order valence-corrected chi connectivity index (χ4v) is 3.75. The zero-order chi connectivity index (χ0) is 17.3. The van der Waals surface area contributed by atoms with Crippen molar-refractivity contribution in [3.05, 3.63) is 73.6 Å². The summed E-state index contributed by atoms with van der Waals surface area (Å²) in [5, 5.41) is 0.973. The number of nitrogens with zero attached hydrogens (tertiary/aromatic N) is 1. The predicted molar refractivity (Wildman–Crippen MR) is 99.4 cm³/mol. The number of benzene rings is 2. The average molecular weight is 399 g/mol. The Bertz CT molecular complexity index is 846. The molecule has 1 aliphatic rings. The zero-order valence-corrected chi connectivity index (χ0v) is 15.2. The Morgan fingerprint density at radius 2 is 1.54 bits per heavy atom. The Kier molecular flexibility index (Phi) is 5.21. The number of rotatable bonds is 3. The first-order valence-electron chi connectivity index (χ1n) is 6.90. The number of halogens is 3. The van der Waals surface area contributed by atoms with E-state index in [0.717, 1.165) is 16.7 Å². The van der Waals surface area contributed by atoms with E-state index in [1.54, 1.807) is 42.5 Å². The fourth-order valence-electron chi connectivity index (χ4n) is 2.21. The molecule has 1 aliphatic heterocycles. The molecular weight excluding hydrogens is 389 g/mol. The highest BCUT2D eigenvalue weighted by molar-refractivity contribution is 8.18. The summed E-state index contributed by atoms with van der Waals surface area (Å²) in [5.41, 5.74) is 1.22. The van der Waals surface area contributed by atoms with E-state index in [9.17, 15) is 9.59 Å². The minimum Gasteiger partial charge on any atom is -0.268 e. The standard InChI is InChI=1S/C17H10Cl3NO2S/c18-12-5-2-1-4-10(12)8-15-16(22)21(17(23)24-15)9-11-13(19)6-3-7-14(11)20/h1-8H,9H2. The molecule has 0 bridgehead atoms. The minimum absolute atomic E-state index is 0.0308. The highest BCUT2D eigenvalue weighted by atomic mass is 35.5. The molecular formula is C17H10Cl3NO2S. The van der Waals surface area contributed by atoms with Gasteiger partial charge in [-0.15, -0.1) is 0 Å². The van der Waals surface area contributed by atoms with Crippen LogP contribution in [0.2, 0.25) is 15.1 Å². The summed E-state index contributed by atoms with van der Waals surface area (Å²) >= 11 is 19.2. The van der Waals surface area contributed by atoms with Crippen molar-refractivity contribution in [2.75, 3.05) is 0 Å². The van der Waals surface area contributed by atoms with Crippen LogP contribution in [0.25, 0.3) is 6.08 Å². The largest absolute Gasteiger partial charge is 0.293 e. The van der Waals surface area contributed by atoms with Gasteiger partial charge in [-0.25, -0.2) is 0 Å². The van der Waals surface area contributed by atoms with Crippen molar-refractivity contribution in [3.63, 3.8) is 0 Å². The molecule has 1 fully saturated rings. The lowest BCUT2D eigenvalue weighted by molar-refractivity contribution is -0.123. The maximum absolute atomic E-state index is 12.5. The average Bonchev–Trinajstić information content (AvgIpc) is 2.80. The SMILES string of the molecule is O=C1SC(=Cc2ccccc2Cl)C(=O)N1Cc1c(Cl)cccc1Cl. The third kappa shape index (κ3) is 3.47. The number of hydrogen-bond acceptors (Lipinski definition) is 3. The zero-order valence-electron chi connectivity index (χ0n) is 12.1. The monoisotopic (exact) mass is 397 g/mol. The van der Waals surface area contributed by atoms with E-state index in [1.807, 2.05) is 6.07 Å². The summed E-state index contributed by atoms with van der Waals surface area (Å²) in [7, 11) is 0. The Hall–Kier alpha value is -1.46. The molecule has 3 nitrogen and oxygen atoms in total. The normalized spacial score (nSPS) is 16.3. The van der Waals surface area contributed by atoms with Gasteiger partial charge in [-0.05, 0) is 41.6 Å². The van der Waals surface area contributed by atoms with Gasteiger partial charge in [0, 0.05) is 20.6 Å². The van der Waals surface area contributed by atoms with Crippen LogP contribution in [-0.2, 0) is 11.3 Å². The molecule has 0 saturated carbocycles. The smallest absolute Gasteiger partial charge is 0.268 e. The maximum atomic E-state index is 12.5. The topological polar surface area (TPSA) is 37.4 Å². The molecule has 0 aromatic heterocycles. The van der Waals surface area contributed by atoms with Crippen molar-refractivity contribution in [2.24, 2.45) is 0 Å². The molecule has 0 N–H and O–H groups in total. The first-order valence-corrected chi connectivity index (χ1v) is 8.85. The molecule has 3 rings (SSSR count). The Balaban J connectivity index is 1.89. The molecule has 0 unspecified atom stereocenters. The number of hydrogen-bond donors (Lipinski definition) is 0. The Labute approximate surface area is 158 Å². The van der Waals surface area contributed by atoms with E-state index in [0.29, 0.717) is 31.1 Å². The van der Waals surface area contributed by atoms with Crippen LogP contribution in [-0.4, -0.2) is 16.0 Å². The summed E-state index contributed by atoms with van der Waals surface area (Å²) in [5.74, 6) is -0.388. The van der Waals surface area contributed by atoms with Gasteiger partial charge in [-0.3, -0.25) is 14.5 Å². The summed E-state index contributed by atoms with van der Waals surface area (Å²) in [6.45, 7) is 0.0308. The quantitative estimate of drug-likeness (QED) is 0.606. The van der Waals surface area contributed by atoms with Crippen LogP contribution >= 0.6 is 46.6 Å². The number of amides is 2. The molecule has 0 aliphatic carbocycles. The minimum atomic E-state index is -0.388. The second-order valence-corrected chi connectivity index (χ2v) is 7.20. The van der Waals surface area contributed by atoms with Crippen LogP contribution in [0.1, 0.15) is 11.1 Å². The van der Waals surface area contributed by atoms with Gasteiger partial charge < -0.3 is 0 Å². The second-order valence-electron chi connectivity index (χ2n) is 4.99. The van der Waals surface area contributed by atoms with Gasteiger partial charge in [0.2, 0.25) is 0 Å².